The number of hydrogen-bond acceptors (Lipinski definition) is 5. The van der Waals surface area contributed by atoms with Crippen molar-refractivity contribution in [2.45, 2.75) is 19.3 Å². The zero-order valence-electron chi connectivity index (χ0n) is 13.7. The summed E-state index contributed by atoms with van der Waals surface area (Å²) in [6.45, 7) is 0. The largest absolute Gasteiger partial charge is 0.500 e. The summed E-state index contributed by atoms with van der Waals surface area (Å²) >= 11 is 0. The summed E-state index contributed by atoms with van der Waals surface area (Å²) in [7, 11) is 1.31. The number of aromatic hydroxyl groups is 1. The van der Waals surface area contributed by atoms with Gasteiger partial charge in [0.2, 0.25) is 5.75 Å². The molecule has 0 aliphatic heterocycles. The number of nitro groups is 1. The lowest BCUT2D eigenvalue weighted by atomic mass is 10.0. The van der Waals surface area contributed by atoms with E-state index in [1.54, 1.807) is 6.07 Å². The third kappa shape index (κ3) is 3.38. The number of benzene rings is 2. The Kier molecular flexibility index (Phi) is 4.52. The summed E-state index contributed by atoms with van der Waals surface area (Å²) in [4.78, 5) is 22.7. The van der Waals surface area contributed by atoms with Gasteiger partial charge in [0.1, 0.15) is 0 Å². The van der Waals surface area contributed by atoms with Gasteiger partial charge in [0.15, 0.2) is 11.5 Å². The number of carbonyl (C=O) groups excluding carboxylic acids is 1. The summed E-state index contributed by atoms with van der Waals surface area (Å²) in [5.74, 6) is -0.724. The predicted octanol–water partition coefficient (Wildman–Crippen LogP) is 3.69. The predicted molar refractivity (Wildman–Crippen MR) is 93.1 cm³/mol. The SMILES string of the molecule is COc1cc(/C=C/C(=O)c2ccc3c(c2)CCC3)cc([N+](=O)[O-])c1O. The van der Waals surface area contributed by atoms with Gasteiger partial charge in [-0.05, 0) is 54.2 Å². The molecule has 0 spiro atoms. The van der Waals surface area contributed by atoms with Crippen LogP contribution in [-0.2, 0) is 12.8 Å². The van der Waals surface area contributed by atoms with Gasteiger partial charge < -0.3 is 9.84 Å². The number of carbonyl (C=O) groups is 1. The van der Waals surface area contributed by atoms with Crippen LogP contribution in [0.4, 0.5) is 5.69 Å². The van der Waals surface area contributed by atoms with Crippen molar-refractivity contribution in [2.24, 2.45) is 0 Å². The lowest BCUT2D eigenvalue weighted by molar-refractivity contribution is -0.386. The first kappa shape index (κ1) is 16.7. The number of ketones is 1. The van der Waals surface area contributed by atoms with E-state index in [9.17, 15) is 20.0 Å². The van der Waals surface area contributed by atoms with Crippen LogP contribution in [0.5, 0.6) is 11.5 Å². The van der Waals surface area contributed by atoms with E-state index in [1.807, 2.05) is 12.1 Å². The number of fused-ring (bicyclic) bond motifs is 1. The molecule has 0 amide bonds. The van der Waals surface area contributed by atoms with Gasteiger partial charge in [-0.1, -0.05) is 18.2 Å². The molecule has 6 nitrogen and oxygen atoms in total. The van der Waals surface area contributed by atoms with E-state index < -0.39 is 16.4 Å². The molecule has 0 saturated heterocycles. The second-order valence-electron chi connectivity index (χ2n) is 5.88. The van der Waals surface area contributed by atoms with Crippen molar-refractivity contribution in [3.63, 3.8) is 0 Å². The molecule has 0 fully saturated rings. The summed E-state index contributed by atoms with van der Waals surface area (Å²) < 4.78 is 4.95. The van der Waals surface area contributed by atoms with Gasteiger partial charge in [-0.15, -0.1) is 0 Å². The molecular formula is C19H17NO5. The van der Waals surface area contributed by atoms with Gasteiger partial charge in [0, 0.05) is 11.6 Å². The van der Waals surface area contributed by atoms with Crippen LogP contribution in [0.3, 0.4) is 0 Å². The molecular weight excluding hydrogens is 322 g/mol. The van der Waals surface area contributed by atoms with Crippen LogP contribution >= 0.6 is 0 Å². The van der Waals surface area contributed by atoms with Crippen molar-refractivity contribution in [2.75, 3.05) is 7.11 Å². The van der Waals surface area contributed by atoms with Gasteiger partial charge in [-0.2, -0.15) is 0 Å². The van der Waals surface area contributed by atoms with Gasteiger partial charge in [-0.3, -0.25) is 14.9 Å². The number of phenols is 1. The van der Waals surface area contributed by atoms with Crippen LogP contribution in [0.1, 0.15) is 33.5 Å². The van der Waals surface area contributed by atoms with Crippen LogP contribution in [0.25, 0.3) is 6.08 Å². The van der Waals surface area contributed by atoms with Crippen molar-refractivity contribution in [1.29, 1.82) is 0 Å². The second kappa shape index (κ2) is 6.76. The summed E-state index contributed by atoms with van der Waals surface area (Å²) in [5.41, 5.74) is 3.03. The fourth-order valence-corrected chi connectivity index (χ4v) is 3.00. The van der Waals surface area contributed by atoms with Crippen LogP contribution < -0.4 is 4.74 Å². The van der Waals surface area contributed by atoms with E-state index in [2.05, 4.69) is 0 Å². The highest BCUT2D eigenvalue weighted by Gasteiger charge is 2.19. The van der Waals surface area contributed by atoms with Crippen molar-refractivity contribution >= 4 is 17.5 Å². The molecule has 0 aromatic heterocycles. The monoisotopic (exact) mass is 339 g/mol. The Bertz CT molecular complexity index is 886. The highest BCUT2D eigenvalue weighted by molar-refractivity contribution is 6.07. The smallest absolute Gasteiger partial charge is 0.315 e. The standard InChI is InChI=1S/C19H17NO5/c1-25-18-10-12(9-16(19(18)22)20(23)24)5-8-17(21)15-7-6-13-3-2-4-14(13)11-15/h5-11,22H,2-4H2,1H3/b8-5+. The van der Waals surface area contributed by atoms with Crippen molar-refractivity contribution in [1.82, 2.24) is 0 Å². The number of allylic oxidation sites excluding steroid dienone is 1. The molecule has 1 N–H and O–H groups in total. The van der Waals surface area contributed by atoms with E-state index in [1.165, 1.54) is 42.5 Å². The molecule has 128 valence electrons. The Labute approximate surface area is 144 Å². The zero-order chi connectivity index (χ0) is 18.0. The summed E-state index contributed by atoms with van der Waals surface area (Å²) in [6.07, 6.45) is 5.99. The number of ether oxygens (including phenoxy) is 1. The normalized spacial score (nSPS) is 13.0. The maximum Gasteiger partial charge on any atom is 0.315 e. The third-order valence-corrected chi connectivity index (χ3v) is 4.30. The first-order valence-corrected chi connectivity index (χ1v) is 7.89. The number of aryl methyl sites for hydroxylation is 2. The molecule has 2 aromatic carbocycles. The Hall–Kier alpha value is -3.15. The Morgan fingerprint density at radius 1 is 1.24 bits per heavy atom. The van der Waals surface area contributed by atoms with Gasteiger partial charge in [0.25, 0.3) is 0 Å². The van der Waals surface area contributed by atoms with Crippen molar-refractivity contribution in [3.05, 3.63) is 68.8 Å². The third-order valence-electron chi connectivity index (χ3n) is 4.30. The zero-order valence-corrected chi connectivity index (χ0v) is 13.7. The number of hydrogen-bond donors (Lipinski definition) is 1. The topological polar surface area (TPSA) is 89.7 Å². The Balaban J connectivity index is 1.87. The number of phenolic OH excluding ortho intramolecular Hbond substituents is 1. The average molecular weight is 339 g/mol. The van der Waals surface area contributed by atoms with Crippen LogP contribution in [0, 0.1) is 10.1 Å². The minimum atomic E-state index is -0.697. The maximum atomic E-state index is 12.4. The van der Waals surface area contributed by atoms with E-state index in [4.69, 9.17) is 4.74 Å². The van der Waals surface area contributed by atoms with E-state index in [0.29, 0.717) is 11.1 Å². The van der Waals surface area contributed by atoms with E-state index in [-0.39, 0.29) is 11.5 Å². The molecule has 2 aromatic rings. The van der Waals surface area contributed by atoms with Crippen LogP contribution in [0.2, 0.25) is 0 Å². The summed E-state index contributed by atoms with van der Waals surface area (Å²) in [5, 5.41) is 20.8. The molecule has 0 atom stereocenters. The molecule has 25 heavy (non-hydrogen) atoms. The maximum absolute atomic E-state index is 12.4. The Morgan fingerprint density at radius 2 is 2.00 bits per heavy atom. The lowest BCUT2D eigenvalue weighted by Gasteiger charge is -2.05. The first-order chi connectivity index (χ1) is 12.0. The molecule has 0 saturated carbocycles. The first-order valence-electron chi connectivity index (χ1n) is 7.89. The quantitative estimate of drug-likeness (QED) is 0.388. The van der Waals surface area contributed by atoms with Gasteiger partial charge >= 0.3 is 5.69 Å². The van der Waals surface area contributed by atoms with Crippen LogP contribution in [-0.4, -0.2) is 22.9 Å². The van der Waals surface area contributed by atoms with Gasteiger partial charge in [0.05, 0.1) is 12.0 Å². The number of methoxy groups -OCH3 is 1. The average Bonchev–Trinajstić information content (AvgIpc) is 3.07. The van der Waals surface area contributed by atoms with E-state index in [0.717, 1.165) is 19.3 Å². The molecule has 6 heteroatoms. The molecule has 0 heterocycles. The molecule has 0 unspecified atom stereocenters. The molecule has 0 bridgehead atoms. The fraction of sp³-hybridized carbons (Fsp3) is 0.211. The number of nitro benzene ring substituents is 1. The summed E-state index contributed by atoms with van der Waals surface area (Å²) in [6, 6.07) is 8.34. The molecule has 3 rings (SSSR count). The van der Waals surface area contributed by atoms with Crippen molar-refractivity contribution < 1.29 is 19.6 Å². The van der Waals surface area contributed by atoms with Crippen molar-refractivity contribution in [3.8, 4) is 11.5 Å². The highest BCUT2D eigenvalue weighted by Crippen LogP contribution is 2.37. The minimum absolute atomic E-state index is 0.0150. The van der Waals surface area contributed by atoms with Gasteiger partial charge in [-0.25, -0.2) is 0 Å². The number of nitrogens with zero attached hydrogens (tertiary/aromatic N) is 1. The lowest BCUT2D eigenvalue weighted by Crippen LogP contribution is -1.96. The highest BCUT2D eigenvalue weighted by atomic mass is 16.6. The number of rotatable bonds is 5. The Morgan fingerprint density at radius 3 is 2.72 bits per heavy atom. The second-order valence-corrected chi connectivity index (χ2v) is 5.88. The fourth-order valence-electron chi connectivity index (χ4n) is 3.00. The molecule has 0 radical (unpaired) electrons. The minimum Gasteiger partial charge on any atom is -0.500 e. The molecule has 1 aliphatic carbocycles. The van der Waals surface area contributed by atoms with E-state index >= 15 is 0 Å². The molecule has 1 aliphatic rings. The van der Waals surface area contributed by atoms with Crippen LogP contribution in [0.15, 0.2) is 36.4 Å².